The molecule has 140 valence electrons. The smallest absolute Gasteiger partial charge is 0.324 e. The Kier molecular flexibility index (Phi) is 7.02. The van der Waals surface area contributed by atoms with Crippen LogP contribution in [0.2, 0.25) is 5.02 Å². The topological polar surface area (TPSA) is 81.7 Å². The zero-order valence-corrected chi connectivity index (χ0v) is 16.0. The van der Waals surface area contributed by atoms with E-state index in [-0.39, 0.29) is 18.1 Å². The average molecular weight is 398 g/mol. The van der Waals surface area contributed by atoms with Gasteiger partial charge >= 0.3 is 5.97 Å². The van der Waals surface area contributed by atoms with Crippen LogP contribution in [0.5, 0.6) is 5.75 Å². The molecule has 0 fully saturated rings. The maximum absolute atomic E-state index is 12.2. The van der Waals surface area contributed by atoms with E-state index in [0.717, 1.165) is 5.56 Å². The lowest BCUT2D eigenvalue weighted by atomic mass is 10.2. The molecule has 0 saturated carbocycles. The molecule has 1 N–H and O–H groups in total. The Morgan fingerprint density at radius 2 is 1.85 bits per heavy atom. The third kappa shape index (κ3) is 6.01. The van der Waals surface area contributed by atoms with Crippen LogP contribution >= 0.6 is 11.6 Å². The first-order valence-electron chi connectivity index (χ1n) is 7.92. The van der Waals surface area contributed by atoms with Crippen molar-refractivity contribution in [1.82, 2.24) is 4.72 Å². The number of carbonyl (C=O) groups excluding carboxylic acids is 1. The van der Waals surface area contributed by atoms with Gasteiger partial charge in [0.2, 0.25) is 10.0 Å². The van der Waals surface area contributed by atoms with Gasteiger partial charge in [0.25, 0.3) is 0 Å². The molecule has 2 aromatic carbocycles. The lowest BCUT2D eigenvalue weighted by Gasteiger charge is -2.14. The zero-order valence-electron chi connectivity index (χ0n) is 14.4. The van der Waals surface area contributed by atoms with Gasteiger partial charge < -0.3 is 9.47 Å². The highest BCUT2D eigenvalue weighted by Gasteiger charge is 2.23. The molecule has 0 radical (unpaired) electrons. The van der Waals surface area contributed by atoms with Crippen molar-refractivity contribution in [2.75, 3.05) is 13.2 Å². The molecule has 0 spiro atoms. The predicted octanol–water partition coefficient (Wildman–Crippen LogP) is 2.94. The Balaban J connectivity index is 1.80. The normalized spacial score (nSPS) is 12.4. The first kappa shape index (κ1) is 20.2. The van der Waals surface area contributed by atoms with Crippen molar-refractivity contribution in [3.05, 3.63) is 59.1 Å². The number of hydrogen-bond donors (Lipinski definition) is 1. The Morgan fingerprint density at radius 3 is 2.50 bits per heavy atom. The SMILES string of the molecule is Cc1ccc(S(=O)(=O)N[C@@H](C)C(=O)OCCOc2cccc(Cl)c2)cc1. The van der Waals surface area contributed by atoms with Crippen LogP contribution in [0.1, 0.15) is 12.5 Å². The summed E-state index contributed by atoms with van der Waals surface area (Å²) in [5, 5.41) is 0.540. The van der Waals surface area contributed by atoms with E-state index >= 15 is 0 Å². The second kappa shape index (κ2) is 9.02. The van der Waals surface area contributed by atoms with Crippen LogP contribution in [-0.2, 0) is 19.6 Å². The highest BCUT2D eigenvalue weighted by Crippen LogP contribution is 2.17. The fraction of sp³-hybridized carbons (Fsp3) is 0.278. The minimum Gasteiger partial charge on any atom is -0.490 e. The van der Waals surface area contributed by atoms with E-state index in [2.05, 4.69) is 4.72 Å². The van der Waals surface area contributed by atoms with Gasteiger partial charge in [-0.15, -0.1) is 0 Å². The fourth-order valence-corrected chi connectivity index (χ4v) is 3.42. The van der Waals surface area contributed by atoms with Gasteiger partial charge in [-0.1, -0.05) is 35.4 Å². The number of esters is 1. The third-order valence-corrected chi connectivity index (χ3v) is 5.20. The summed E-state index contributed by atoms with van der Waals surface area (Å²) in [7, 11) is -3.80. The van der Waals surface area contributed by atoms with Crippen molar-refractivity contribution < 1.29 is 22.7 Å². The summed E-state index contributed by atoms with van der Waals surface area (Å²) in [6.45, 7) is 3.40. The van der Waals surface area contributed by atoms with Crippen molar-refractivity contribution in [3.8, 4) is 5.75 Å². The molecule has 0 aliphatic rings. The van der Waals surface area contributed by atoms with Crippen molar-refractivity contribution in [1.29, 1.82) is 0 Å². The molecule has 8 heteroatoms. The molecule has 26 heavy (non-hydrogen) atoms. The highest BCUT2D eigenvalue weighted by molar-refractivity contribution is 7.89. The van der Waals surface area contributed by atoms with Gasteiger partial charge in [-0.25, -0.2) is 8.42 Å². The van der Waals surface area contributed by atoms with Crippen LogP contribution in [-0.4, -0.2) is 33.6 Å². The van der Waals surface area contributed by atoms with E-state index in [1.165, 1.54) is 19.1 Å². The third-order valence-electron chi connectivity index (χ3n) is 3.41. The monoisotopic (exact) mass is 397 g/mol. The van der Waals surface area contributed by atoms with Crippen LogP contribution < -0.4 is 9.46 Å². The summed E-state index contributed by atoms with van der Waals surface area (Å²) in [5.74, 6) is -0.128. The van der Waals surface area contributed by atoms with Crippen LogP contribution in [0.3, 0.4) is 0 Å². The lowest BCUT2D eigenvalue weighted by Crippen LogP contribution is -2.39. The molecule has 0 bridgehead atoms. The molecule has 2 rings (SSSR count). The molecular formula is C18H20ClNO5S. The summed E-state index contributed by atoms with van der Waals surface area (Å²) >= 11 is 5.84. The number of sulfonamides is 1. The number of nitrogens with one attached hydrogen (secondary N) is 1. The number of hydrogen-bond acceptors (Lipinski definition) is 5. The summed E-state index contributed by atoms with van der Waals surface area (Å²) < 4.78 is 37.2. The predicted molar refractivity (Wildman–Crippen MR) is 98.9 cm³/mol. The van der Waals surface area contributed by atoms with Gasteiger partial charge in [0.05, 0.1) is 4.90 Å². The van der Waals surface area contributed by atoms with E-state index in [0.29, 0.717) is 10.8 Å². The minimum absolute atomic E-state index is 0.0120. The zero-order chi connectivity index (χ0) is 19.2. The van der Waals surface area contributed by atoms with E-state index in [1.54, 1.807) is 36.4 Å². The molecule has 0 aliphatic heterocycles. The van der Waals surface area contributed by atoms with Crippen LogP contribution in [0.25, 0.3) is 0 Å². The second-order valence-corrected chi connectivity index (χ2v) is 7.78. The number of carbonyl (C=O) groups is 1. The number of aryl methyl sites for hydroxylation is 1. The molecule has 0 amide bonds. The van der Waals surface area contributed by atoms with Crippen LogP contribution in [0, 0.1) is 6.92 Å². The molecular weight excluding hydrogens is 378 g/mol. The van der Waals surface area contributed by atoms with Crippen molar-refractivity contribution in [2.45, 2.75) is 24.8 Å². The van der Waals surface area contributed by atoms with E-state index in [4.69, 9.17) is 21.1 Å². The highest BCUT2D eigenvalue weighted by atomic mass is 35.5. The van der Waals surface area contributed by atoms with Crippen LogP contribution in [0.15, 0.2) is 53.4 Å². The summed E-state index contributed by atoms with van der Waals surface area (Å²) in [6.07, 6.45) is 0. The first-order valence-corrected chi connectivity index (χ1v) is 9.78. The quantitative estimate of drug-likeness (QED) is 0.547. The van der Waals surface area contributed by atoms with Gasteiger partial charge in [-0.05, 0) is 44.2 Å². The Labute approximate surface area is 158 Å². The largest absolute Gasteiger partial charge is 0.490 e. The summed E-state index contributed by atoms with van der Waals surface area (Å²) in [4.78, 5) is 12.0. The van der Waals surface area contributed by atoms with Crippen LogP contribution in [0.4, 0.5) is 0 Å². The molecule has 1 atom stereocenters. The minimum atomic E-state index is -3.80. The lowest BCUT2D eigenvalue weighted by molar-refractivity contribution is -0.145. The molecule has 0 aliphatic carbocycles. The Hall–Kier alpha value is -2.09. The Bertz CT molecular complexity index is 852. The van der Waals surface area contributed by atoms with Gasteiger partial charge in [-0.3, -0.25) is 4.79 Å². The van der Waals surface area contributed by atoms with Crippen molar-refractivity contribution >= 4 is 27.6 Å². The summed E-state index contributed by atoms with van der Waals surface area (Å²) in [5.41, 5.74) is 0.941. The molecule has 6 nitrogen and oxygen atoms in total. The standard InChI is InChI=1S/C18H20ClNO5S/c1-13-6-8-17(9-7-13)26(22,23)20-14(2)18(21)25-11-10-24-16-5-3-4-15(19)12-16/h3-9,12,14,20H,10-11H2,1-2H3/t14-/m0/s1. The maximum atomic E-state index is 12.2. The molecule has 2 aromatic rings. The number of ether oxygens (including phenoxy) is 2. The van der Waals surface area contributed by atoms with E-state index < -0.39 is 22.0 Å². The van der Waals surface area contributed by atoms with Gasteiger partial charge in [0.1, 0.15) is 25.0 Å². The number of halogens is 1. The van der Waals surface area contributed by atoms with Gasteiger partial charge in [0, 0.05) is 5.02 Å². The molecule has 0 saturated heterocycles. The number of benzene rings is 2. The van der Waals surface area contributed by atoms with Gasteiger partial charge in [0.15, 0.2) is 0 Å². The van der Waals surface area contributed by atoms with Crippen molar-refractivity contribution in [2.24, 2.45) is 0 Å². The van der Waals surface area contributed by atoms with Crippen molar-refractivity contribution in [3.63, 3.8) is 0 Å². The second-order valence-electron chi connectivity index (χ2n) is 5.63. The fourth-order valence-electron chi connectivity index (χ4n) is 2.05. The van der Waals surface area contributed by atoms with Gasteiger partial charge in [-0.2, -0.15) is 4.72 Å². The maximum Gasteiger partial charge on any atom is 0.324 e. The van der Waals surface area contributed by atoms with E-state index in [1.807, 2.05) is 6.92 Å². The number of rotatable bonds is 8. The first-order chi connectivity index (χ1) is 12.3. The summed E-state index contributed by atoms with van der Waals surface area (Å²) in [6, 6.07) is 12.1. The molecule has 0 unspecified atom stereocenters. The van der Waals surface area contributed by atoms with E-state index in [9.17, 15) is 13.2 Å². The Morgan fingerprint density at radius 1 is 1.15 bits per heavy atom. The average Bonchev–Trinajstić information content (AvgIpc) is 2.58. The molecule has 0 aromatic heterocycles. The molecule has 0 heterocycles.